The van der Waals surface area contributed by atoms with Crippen LogP contribution < -0.4 is 10.3 Å². The zero-order valence-electron chi connectivity index (χ0n) is 19.9. The van der Waals surface area contributed by atoms with Gasteiger partial charge in [0.1, 0.15) is 17.5 Å². The molecule has 1 fully saturated rings. The van der Waals surface area contributed by atoms with Crippen LogP contribution in [0, 0.1) is 23.4 Å². The van der Waals surface area contributed by atoms with E-state index in [0.29, 0.717) is 40.4 Å². The average Bonchev–Trinajstić information content (AvgIpc) is 3.22. The summed E-state index contributed by atoms with van der Waals surface area (Å²) < 4.78 is 70.7. The highest BCUT2D eigenvalue weighted by molar-refractivity contribution is 7.89. The molecular formula is C28H22F3N3O3S. The largest absolute Gasteiger partial charge is 0.352 e. The van der Waals surface area contributed by atoms with Crippen molar-refractivity contribution in [3.05, 3.63) is 100 Å². The molecule has 0 saturated heterocycles. The first-order chi connectivity index (χ1) is 18.2. The maximum atomic E-state index is 14.6. The number of hydrogen-bond donors (Lipinski definition) is 3. The van der Waals surface area contributed by atoms with Crippen LogP contribution in [0.15, 0.2) is 76.4 Å². The number of fused-ring (bicyclic) bond motifs is 2. The van der Waals surface area contributed by atoms with Crippen molar-refractivity contribution < 1.29 is 21.6 Å². The predicted octanol–water partition coefficient (Wildman–Crippen LogP) is 5.57. The predicted molar refractivity (Wildman–Crippen MR) is 139 cm³/mol. The van der Waals surface area contributed by atoms with Gasteiger partial charge < -0.3 is 9.97 Å². The Morgan fingerprint density at radius 1 is 0.868 bits per heavy atom. The summed E-state index contributed by atoms with van der Waals surface area (Å²) in [6.07, 6.45) is 1.22. The first-order valence-electron chi connectivity index (χ1n) is 12.1. The summed E-state index contributed by atoms with van der Waals surface area (Å²) in [7, 11) is -3.79. The first kappa shape index (κ1) is 24.4. The molecule has 0 unspecified atom stereocenters. The molecule has 6 nitrogen and oxygen atoms in total. The number of nitrogens with one attached hydrogen (secondary N) is 3. The Morgan fingerprint density at radius 2 is 1.63 bits per heavy atom. The van der Waals surface area contributed by atoms with Gasteiger partial charge in [0.2, 0.25) is 15.6 Å². The summed E-state index contributed by atoms with van der Waals surface area (Å²) in [6, 6.07) is 15.3. The van der Waals surface area contributed by atoms with Crippen LogP contribution in [0.3, 0.4) is 0 Å². The second-order valence-electron chi connectivity index (χ2n) is 9.69. The molecule has 194 valence electrons. The number of benzene rings is 3. The van der Waals surface area contributed by atoms with E-state index in [1.165, 1.54) is 36.4 Å². The van der Waals surface area contributed by atoms with Crippen molar-refractivity contribution in [3.63, 3.8) is 0 Å². The number of aromatic nitrogens is 2. The van der Waals surface area contributed by atoms with Crippen LogP contribution in [0.2, 0.25) is 0 Å². The lowest BCUT2D eigenvalue weighted by molar-refractivity contribution is 0.267. The molecule has 1 aliphatic rings. The number of pyridine rings is 1. The Morgan fingerprint density at radius 3 is 2.39 bits per heavy atom. The SMILES string of the molecule is O=c1ccc2cc(S(=O)(=O)NC[C@H]3C[C@H](c4c(-c5ccc(F)cc5)[nH]c5c(F)cc(F)cc54)C3)ccc2[nH]1. The van der Waals surface area contributed by atoms with Crippen molar-refractivity contribution in [1.82, 2.24) is 14.7 Å². The average molecular weight is 538 g/mol. The molecule has 0 aliphatic heterocycles. The molecule has 0 amide bonds. The van der Waals surface area contributed by atoms with Gasteiger partial charge in [0.05, 0.1) is 16.1 Å². The normalized spacial score (nSPS) is 17.7. The fraction of sp³-hybridized carbons (Fsp3) is 0.179. The molecule has 0 spiro atoms. The molecule has 3 aromatic carbocycles. The number of rotatable bonds is 6. The van der Waals surface area contributed by atoms with Crippen molar-refractivity contribution in [3.8, 4) is 11.3 Å². The summed E-state index contributed by atoms with van der Waals surface area (Å²) in [5.41, 5.74) is 2.45. The van der Waals surface area contributed by atoms with Gasteiger partial charge in [-0.05, 0) is 95.8 Å². The highest BCUT2D eigenvalue weighted by Crippen LogP contribution is 2.48. The van der Waals surface area contributed by atoms with Crippen LogP contribution >= 0.6 is 0 Å². The summed E-state index contributed by atoms with van der Waals surface area (Å²) in [5, 5.41) is 1.03. The number of halogens is 3. The van der Waals surface area contributed by atoms with Crippen LogP contribution in [-0.2, 0) is 10.0 Å². The Hall–Kier alpha value is -3.89. The molecule has 0 bridgehead atoms. The standard InChI is InChI=1S/C28H22F3N3O3S/c29-19-4-1-16(2-5-19)27-26(22-12-20(30)13-23(31)28(22)34-27)18-9-15(10-18)14-32-38(36,37)21-6-7-24-17(11-21)3-8-25(35)33-24/h1-8,11-13,15,18,32,34H,9-10,14H2,(H,33,35)/t15-,18-. The van der Waals surface area contributed by atoms with Crippen molar-refractivity contribution in [2.75, 3.05) is 6.54 Å². The van der Waals surface area contributed by atoms with E-state index in [1.807, 2.05) is 0 Å². The minimum atomic E-state index is -3.79. The Kier molecular flexibility index (Phi) is 5.88. The summed E-state index contributed by atoms with van der Waals surface area (Å²) in [6.45, 7) is 0.208. The van der Waals surface area contributed by atoms with Gasteiger partial charge in [0.15, 0.2) is 0 Å². The maximum absolute atomic E-state index is 14.6. The van der Waals surface area contributed by atoms with Gasteiger partial charge in [-0.3, -0.25) is 4.79 Å². The molecule has 0 atom stereocenters. The van der Waals surface area contributed by atoms with Gasteiger partial charge in [0, 0.05) is 29.6 Å². The maximum Gasteiger partial charge on any atom is 0.248 e. The van der Waals surface area contributed by atoms with Crippen molar-refractivity contribution >= 4 is 31.8 Å². The highest BCUT2D eigenvalue weighted by atomic mass is 32.2. The van der Waals surface area contributed by atoms with Crippen LogP contribution in [0.5, 0.6) is 0 Å². The van der Waals surface area contributed by atoms with Crippen LogP contribution in [0.4, 0.5) is 13.2 Å². The van der Waals surface area contributed by atoms with Crippen LogP contribution in [-0.4, -0.2) is 24.9 Å². The number of H-pyrrole nitrogens is 2. The molecule has 1 saturated carbocycles. The molecule has 3 N–H and O–H groups in total. The molecule has 2 aromatic heterocycles. The minimum Gasteiger partial charge on any atom is -0.352 e. The monoisotopic (exact) mass is 537 g/mol. The highest BCUT2D eigenvalue weighted by Gasteiger charge is 2.35. The number of aromatic amines is 2. The summed E-state index contributed by atoms with van der Waals surface area (Å²) >= 11 is 0. The van der Waals surface area contributed by atoms with E-state index in [2.05, 4.69) is 14.7 Å². The lowest BCUT2D eigenvalue weighted by atomic mass is 9.70. The van der Waals surface area contributed by atoms with Gasteiger partial charge in [0.25, 0.3) is 0 Å². The molecule has 5 aromatic rings. The second-order valence-corrected chi connectivity index (χ2v) is 11.5. The van der Waals surface area contributed by atoms with Crippen LogP contribution in [0.25, 0.3) is 33.1 Å². The van der Waals surface area contributed by atoms with Crippen molar-refractivity contribution in [1.29, 1.82) is 0 Å². The van der Waals surface area contributed by atoms with Gasteiger partial charge in [-0.25, -0.2) is 26.3 Å². The number of sulfonamides is 1. The van der Waals surface area contributed by atoms with E-state index in [0.717, 1.165) is 11.6 Å². The number of hydrogen-bond acceptors (Lipinski definition) is 3. The second kappa shape index (κ2) is 9.14. The quantitative estimate of drug-likeness (QED) is 0.265. The van der Waals surface area contributed by atoms with E-state index >= 15 is 0 Å². The Labute approximate surface area is 215 Å². The van der Waals surface area contributed by atoms with E-state index in [-0.39, 0.29) is 34.4 Å². The zero-order valence-corrected chi connectivity index (χ0v) is 20.7. The van der Waals surface area contributed by atoms with Gasteiger partial charge in [-0.1, -0.05) is 0 Å². The van der Waals surface area contributed by atoms with Gasteiger partial charge in [-0.15, -0.1) is 0 Å². The molecule has 6 rings (SSSR count). The summed E-state index contributed by atoms with van der Waals surface area (Å²) in [4.78, 5) is 17.3. The van der Waals surface area contributed by atoms with Crippen molar-refractivity contribution in [2.45, 2.75) is 23.7 Å². The molecule has 38 heavy (non-hydrogen) atoms. The van der Waals surface area contributed by atoms with E-state index < -0.39 is 27.5 Å². The third kappa shape index (κ3) is 4.39. The fourth-order valence-corrected chi connectivity index (χ4v) is 6.41. The van der Waals surface area contributed by atoms with E-state index in [1.54, 1.807) is 24.3 Å². The lowest BCUT2D eigenvalue weighted by Gasteiger charge is -2.36. The molecule has 0 radical (unpaired) electrons. The third-order valence-electron chi connectivity index (χ3n) is 7.21. The smallest absolute Gasteiger partial charge is 0.248 e. The topological polar surface area (TPSA) is 94.8 Å². The summed E-state index contributed by atoms with van der Waals surface area (Å²) in [5.74, 6) is -1.84. The van der Waals surface area contributed by atoms with Crippen molar-refractivity contribution in [2.24, 2.45) is 5.92 Å². The molecule has 1 aliphatic carbocycles. The van der Waals surface area contributed by atoms with E-state index in [9.17, 15) is 26.4 Å². The first-order valence-corrected chi connectivity index (χ1v) is 13.6. The fourth-order valence-electron chi connectivity index (χ4n) is 5.26. The Balaban J connectivity index is 1.22. The molecular weight excluding hydrogens is 515 g/mol. The van der Waals surface area contributed by atoms with E-state index in [4.69, 9.17) is 0 Å². The zero-order chi connectivity index (χ0) is 26.6. The Bertz CT molecular complexity index is 1860. The van der Waals surface area contributed by atoms with Gasteiger partial charge in [-0.2, -0.15) is 0 Å². The third-order valence-corrected chi connectivity index (χ3v) is 8.63. The van der Waals surface area contributed by atoms with Gasteiger partial charge >= 0.3 is 0 Å². The molecule has 2 heterocycles. The minimum absolute atomic E-state index is 0.0241. The molecule has 10 heteroatoms. The van der Waals surface area contributed by atoms with Crippen LogP contribution in [0.1, 0.15) is 24.3 Å². The lowest BCUT2D eigenvalue weighted by Crippen LogP contribution is -2.35.